The van der Waals surface area contributed by atoms with Crippen molar-refractivity contribution < 1.29 is 0 Å². The SMILES string of the molecule is C\C=C/C(CCCCCCC)=C(C)/C=C/c1ccc(/C=C/C(C)=C\C)cc1. The summed E-state index contributed by atoms with van der Waals surface area (Å²) in [5, 5.41) is 0. The van der Waals surface area contributed by atoms with Crippen LogP contribution in [0.4, 0.5) is 0 Å². The van der Waals surface area contributed by atoms with Gasteiger partial charge in [0.15, 0.2) is 0 Å². The predicted molar refractivity (Wildman–Crippen MR) is 125 cm³/mol. The molecule has 0 fully saturated rings. The van der Waals surface area contributed by atoms with E-state index in [0.29, 0.717) is 0 Å². The molecular formula is C27H38. The highest BCUT2D eigenvalue weighted by Gasteiger charge is 1.98. The van der Waals surface area contributed by atoms with Crippen LogP contribution in [0.5, 0.6) is 0 Å². The van der Waals surface area contributed by atoms with Crippen LogP contribution < -0.4 is 0 Å². The molecule has 0 radical (unpaired) electrons. The Labute approximate surface area is 168 Å². The average molecular weight is 363 g/mol. The van der Waals surface area contributed by atoms with E-state index in [-0.39, 0.29) is 0 Å². The molecule has 146 valence electrons. The fraction of sp³-hybridized carbons (Fsp3) is 0.407. The molecule has 0 bridgehead atoms. The molecule has 0 saturated heterocycles. The molecule has 1 aromatic rings. The lowest BCUT2D eigenvalue weighted by Crippen LogP contribution is -1.86. The third-order valence-corrected chi connectivity index (χ3v) is 4.88. The Balaban J connectivity index is 2.72. The van der Waals surface area contributed by atoms with E-state index < -0.39 is 0 Å². The zero-order chi connectivity index (χ0) is 19.9. The van der Waals surface area contributed by atoms with Crippen LogP contribution in [0, 0.1) is 0 Å². The Morgan fingerprint density at radius 2 is 1.37 bits per heavy atom. The van der Waals surface area contributed by atoms with Crippen molar-refractivity contribution >= 4 is 12.2 Å². The van der Waals surface area contributed by atoms with Crippen LogP contribution in [-0.4, -0.2) is 0 Å². The van der Waals surface area contributed by atoms with E-state index in [1.807, 2.05) is 0 Å². The van der Waals surface area contributed by atoms with Gasteiger partial charge in [0, 0.05) is 0 Å². The molecule has 0 heteroatoms. The minimum atomic E-state index is 1.18. The van der Waals surface area contributed by atoms with Crippen molar-refractivity contribution in [3.63, 3.8) is 0 Å². The lowest BCUT2D eigenvalue weighted by Gasteiger charge is -2.06. The quantitative estimate of drug-likeness (QED) is 0.272. The first-order valence-electron chi connectivity index (χ1n) is 10.5. The van der Waals surface area contributed by atoms with Gasteiger partial charge in [0.1, 0.15) is 0 Å². The van der Waals surface area contributed by atoms with E-state index in [1.165, 1.54) is 66.4 Å². The van der Waals surface area contributed by atoms with Crippen molar-refractivity contribution in [1.82, 2.24) is 0 Å². The van der Waals surface area contributed by atoms with Crippen LogP contribution in [0.25, 0.3) is 12.2 Å². The largest absolute Gasteiger partial charge is 0.0874 e. The molecule has 1 aromatic carbocycles. The second-order valence-corrected chi connectivity index (χ2v) is 7.24. The molecule has 0 aromatic heterocycles. The number of hydrogen-bond acceptors (Lipinski definition) is 0. The van der Waals surface area contributed by atoms with Gasteiger partial charge < -0.3 is 0 Å². The third-order valence-electron chi connectivity index (χ3n) is 4.88. The fourth-order valence-corrected chi connectivity index (χ4v) is 2.90. The first-order valence-corrected chi connectivity index (χ1v) is 10.5. The summed E-state index contributed by atoms with van der Waals surface area (Å²) in [5.41, 5.74) is 6.60. The number of unbranched alkanes of at least 4 members (excludes halogenated alkanes) is 4. The Bertz CT molecular complexity index is 675. The standard InChI is InChI=1S/C27H38/c1-6-9-10-11-12-14-27(13-7-2)24(5)16-18-26-21-19-25(20-22-26)17-15-23(4)8-3/h7-8,13,15-22H,6,9-12,14H2,1-5H3/b13-7-,17-15+,18-16+,23-8-,27-24-. The van der Waals surface area contributed by atoms with E-state index in [4.69, 9.17) is 0 Å². The van der Waals surface area contributed by atoms with Crippen molar-refractivity contribution in [2.24, 2.45) is 0 Å². The second-order valence-electron chi connectivity index (χ2n) is 7.24. The number of rotatable bonds is 11. The van der Waals surface area contributed by atoms with E-state index in [9.17, 15) is 0 Å². The molecule has 0 aliphatic carbocycles. The van der Waals surface area contributed by atoms with Crippen LogP contribution in [0.2, 0.25) is 0 Å². The lowest BCUT2D eigenvalue weighted by atomic mass is 10.00. The first kappa shape index (κ1) is 23.0. The minimum absolute atomic E-state index is 1.18. The Kier molecular flexibility index (Phi) is 11.9. The summed E-state index contributed by atoms with van der Waals surface area (Å²) in [4.78, 5) is 0. The number of allylic oxidation sites excluding steroid dienone is 8. The van der Waals surface area contributed by atoms with Crippen molar-refractivity contribution in [2.45, 2.75) is 73.1 Å². The first-order chi connectivity index (χ1) is 13.1. The summed E-state index contributed by atoms with van der Waals surface area (Å²) in [6.07, 6.45) is 23.2. The van der Waals surface area contributed by atoms with Crippen LogP contribution in [0.15, 0.2) is 71.4 Å². The molecule has 0 heterocycles. The zero-order valence-electron chi connectivity index (χ0n) is 18.1. The van der Waals surface area contributed by atoms with E-state index in [0.717, 1.165) is 0 Å². The van der Waals surface area contributed by atoms with Crippen LogP contribution in [0.3, 0.4) is 0 Å². The summed E-state index contributed by atoms with van der Waals surface area (Å²) in [7, 11) is 0. The van der Waals surface area contributed by atoms with Crippen molar-refractivity contribution in [3.8, 4) is 0 Å². The van der Waals surface area contributed by atoms with Crippen LogP contribution in [-0.2, 0) is 0 Å². The van der Waals surface area contributed by atoms with Gasteiger partial charge in [0.25, 0.3) is 0 Å². The molecule has 0 unspecified atom stereocenters. The lowest BCUT2D eigenvalue weighted by molar-refractivity contribution is 0.632. The van der Waals surface area contributed by atoms with E-state index >= 15 is 0 Å². The topological polar surface area (TPSA) is 0 Å². The van der Waals surface area contributed by atoms with Gasteiger partial charge >= 0.3 is 0 Å². The molecule has 27 heavy (non-hydrogen) atoms. The number of benzene rings is 1. The molecule has 0 nitrogen and oxygen atoms in total. The molecule has 1 rings (SSSR count). The molecule has 0 aliphatic heterocycles. The van der Waals surface area contributed by atoms with Gasteiger partial charge in [0.05, 0.1) is 0 Å². The summed E-state index contributed by atoms with van der Waals surface area (Å²) in [5.74, 6) is 0. The molecule has 0 saturated carbocycles. The van der Waals surface area contributed by atoms with Gasteiger partial charge in [0.2, 0.25) is 0 Å². The summed E-state index contributed by atoms with van der Waals surface area (Å²) < 4.78 is 0. The summed E-state index contributed by atoms with van der Waals surface area (Å²) in [6.45, 7) is 10.8. The third kappa shape index (κ3) is 9.99. The smallest absolute Gasteiger partial charge is 0.0256 e. The van der Waals surface area contributed by atoms with Crippen LogP contribution in [0.1, 0.15) is 84.3 Å². The minimum Gasteiger partial charge on any atom is -0.0874 e. The fourth-order valence-electron chi connectivity index (χ4n) is 2.90. The van der Waals surface area contributed by atoms with Gasteiger partial charge in [-0.1, -0.05) is 105 Å². The Morgan fingerprint density at radius 3 is 1.93 bits per heavy atom. The van der Waals surface area contributed by atoms with Gasteiger partial charge in [-0.05, 0) is 62.8 Å². The second kappa shape index (κ2) is 14.0. The maximum Gasteiger partial charge on any atom is -0.0256 e. The van der Waals surface area contributed by atoms with Crippen molar-refractivity contribution in [2.75, 3.05) is 0 Å². The highest BCUT2D eigenvalue weighted by Crippen LogP contribution is 2.18. The van der Waals surface area contributed by atoms with Gasteiger partial charge in [-0.15, -0.1) is 0 Å². The maximum absolute atomic E-state index is 2.27. The highest BCUT2D eigenvalue weighted by atomic mass is 14.0. The summed E-state index contributed by atoms with van der Waals surface area (Å²) in [6, 6.07) is 8.74. The van der Waals surface area contributed by atoms with Crippen molar-refractivity contribution in [3.05, 3.63) is 82.5 Å². The van der Waals surface area contributed by atoms with Gasteiger partial charge in [-0.3, -0.25) is 0 Å². The molecule has 0 atom stereocenters. The van der Waals surface area contributed by atoms with E-state index in [1.54, 1.807) is 0 Å². The van der Waals surface area contributed by atoms with E-state index in [2.05, 4.69) is 101 Å². The molecule has 0 aliphatic rings. The molecular weight excluding hydrogens is 324 g/mol. The zero-order valence-corrected chi connectivity index (χ0v) is 18.1. The number of hydrogen-bond donors (Lipinski definition) is 0. The van der Waals surface area contributed by atoms with Crippen molar-refractivity contribution in [1.29, 1.82) is 0 Å². The van der Waals surface area contributed by atoms with Gasteiger partial charge in [-0.2, -0.15) is 0 Å². The highest BCUT2D eigenvalue weighted by molar-refractivity contribution is 5.59. The Morgan fingerprint density at radius 1 is 0.778 bits per heavy atom. The summed E-state index contributed by atoms with van der Waals surface area (Å²) >= 11 is 0. The van der Waals surface area contributed by atoms with Crippen LogP contribution >= 0.6 is 0 Å². The molecule has 0 N–H and O–H groups in total. The molecule has 0 spiro atoms. The van der Waals surface area contributed by atoms with Gasteiger partial charge in [-0.25, -0.2) is 0 Å². The monoisotopic (exact) mass is 362 g/mol. The Hall–Kier alpha value is -2.08. The normalized spacial score (nSPS) is 13.9. The average Bonchev–Trinajstić information content (AvgIpc) is 2.70. The molecule has 0 amide bonds. The maximum atomic E-state index is 2.27. The predicted octanol–water partition coefficient (Wildman–Crippen LogP) is 8.93.